The molecule has 2 aromatic rings. The largest absolute Gasteiger partial charge is 0.494 e. The summed E-state index contributed by atoms with van der Waals surface area (Å²) >= 11 is 0. The summed E-state index contributed by atoms with van der Waals surface area (Å²) in [6.07, 6.45) is 0. The van der Waals surface area contributed by atoms with Crippen molar-refractivity contribution in [3.63, 3.8) is 0 Å². The summed E-state index contributed by atoms with van der Waals surface area (Å²) < 4.78 is 1.63. The topological polar surface area (TPSA) is 45.5 Å². The molecule has 1 aromatic carbocycles. The van der Waals surface area contributed by atoms with Gasteiger partial charge >= 0.3 is 0 Å². The molecule has 4 nitrogen and oxygen atoms in total. The molecular weight excluding hydrogens is 216 g/mol. The summed E-state index contributed by atoms with van der Waals surface area (Å²) in [5.74, 6) is 0.0279. The molecule has 0 fully saturated rings. The Morgan fingerprint density at radius 3 is 2.53 bits per heavy atom. The van der Waals surface area contributed by atoms with Crippen LogP contribution in [0.4, 0.5) is 5.69 Å². The number of anilines is 1. The molecule has 2 rings (SSSR count). The molecule has 0 aliphatic heterocycles. The second-order valence-electron chi connectivity index (χ2n) is 4.43. The Bertz CT molecular complexity index is 642. The van der Waals surface area contributed by atoms with E-state index < -0.39 is 0 Å². The molecule has 0 saturated carbocycles. The maximum Gasteiger partial charge on any atom is 0.198 e. The molecule has 1 N–H and O–H groups in total. The van der Waals surface area contributed by atoms with Crippen molar-refractivity contribution < 1.29 is 5.11 Å². The summed E-state index contributed by atoms with van der Waals surface area (Å²) in [7, 11) is 5.61. The summed E-state index contributed by atoms with van der Waals surface area (Å²) in [5, 5.41) is 10.4. The van der Waals surface area contributed by atoms with Crippen LogP contribution in [0.5, 0.6) is 5.88 Å². The maximum atomic E-state index is 12.1. The quantitative estimate of drug-likeness (QED) is 0.812. The van der Waals surface area contributed by atoms with Gasteiger partial charge in [0.15, 0.2) is 11.3 Å². The lowest BCUT2D eigenvalue weighted by molar-refractivity contribution is 0.426. The third kappa shape index (κ3) is 1.65. The van der Waals surface area contributed by atoms with E-state index in [1.165, 1.54) is 0 Å². The molecule has 1 heterocycles. The summed E-state index contributed by atoms with van der Waals surface area (Å²) in [4.78, 5) is 14.0. The third-order valence-corrected chi connectivity index (χ3v) is 3.10. The van der Waals surface area contributed by atoms with E-state index in [2.05, 4.69) is 0 Å². The highest BCUT2D eigenvalue weighted by atomic mass is 16.3. The Morgan fingerprint density at radius 2 is 1.94 bits per heavy atom. The van der Waals surface area contributed by atoms with E-state index in [1.54, 1.807) is 18.5 Å². The van der Waals surface area contributed by atoms with Gasteiger partial charge in [-0.1, -0.05) is 0 Å². The lowest BCUT2D eigenvalue weighted by Crippen LogP contribution is -2.13. The fourth-order valence-electron chi connectivity index (χ4n) is 1.95. The van der Waals surface area contributed by atoms with Gasteiger partial charge in [-0.25, -0.2) is 0 Å². The molecule has 1 aromatic heterocycles. The number of aryl methyl sites for hydroxylation is 1. The average Bonchev–Trinajstić information content (AvgIpc) is 2.32. The van der Waals surface area contributed by atoms with Gasteiger partial charge in [0.2, 0.25) is 0 Å². The minimum Gasteiger partial charge on any atom is -0.494 e. The Morgan fingerprint density at radius 1 is 1.29 bits per heavy atom. The first-order chi connectivity index (χ1) is 7.93. The zero-order chi connectivity index (χ0) is 12.7. The van der Waals surface area contributed by atoms with Gasteiger partial charge in [0.25, 0.3) is 0 Å². The first-order valence-corrected chi connectivity index (χ1v) is 5.43. The van der Waals surface area contributed by atoms with Crippen molar-refractivity contribution in [2.24, 2.45) is 7.05 Å². The number of aromatic hydroxyl groups is 1. The highest BCUT2D eigenvalue weighted by molar-refractivity contribution is 5.84. The number of hydrogen-bond acceptors (Lipinski definition) is 3. The van der Waals surface area contributed by atoms with Crippen molar-refractivity contribution in [1.29, 1.82) is 0 Å². The number of benzene rings is 1. The van der Waals surface area contributed by atoms with Crippen molar-refractivity contribution in [2.75, 3.05) is 19.0 Å². The number of hydrogen-bond donors (Lipinski definition) is 1. The molecule has 4 heteroatoms. The minimum absolute atomic E-state index is 0.0279. The molecule has 0 spiro atoms. The first-order valence-electron chi connectivity index (χ1n) is 5.43. The van der Waals surface area contributed by atoms with Crippen LogP contribution < -0.4 is 10.3 Å². The highest BCUT2D eigenvalue weighted by Crippen LogP contribution is 2.23. The van der Waals surface area contributed by atoms with Crippen molar-refractivity contribution in [3.05, 3.63) is 34.0 Å². The van der Waals surface area contributed by atoms with Crippen LogP contribution in [0.2, 0.25) is 0 Å². The van der Waals surface area contributed by atoms with E-state index in [4.69, 9.17) is 0 Å². The summed E-state index contributed by atoms with van der Waals surface area (Å²) in [6, 6.07) is 5.63. The van der Waals surface area contributed by atoms with E-state index >= 15 is 0 Å². The fourth-order valence-corrected chi connectivity index (χ4v) is 1.95. The predicted molar refractivity (Wildman–Crippen MR) is 69.9 cm³/mol. The summed E-state index contributed by atoms with van der Waals surface area (Å²) in [6.45, 7) is 1.64. The highest BCUT2D eigenvalue weighted by Gasteiger charge is 2.11. The predicted octanol–water partition coefficient (Wildman–Crippen LogP) is 1.62. The first kappa shape index (κ1) is 11.5. The van der Waals surface area contributed by atoms with Crippen LogP contribution in [-0.4, -0.2) is 23.8 Å². The van der Waals surface area contributed by atoms with Crippen molar-refractivity contribution in [1.82, 2.24) is 4.57 Å². The van der Waals surface area contributed by atoms with Crippen LogP contribution >= 0.6 is 0 Å². The van der Waals surface area contributed by atoms with Gasteiger partial charge in [-0.15, -0.1) is 0 Å². The monoisotopic (exact) mass is 232 g/mol. The van der Waals surface area contributed by atoms with Crippen molar-refractivity contribution in [2.45, 2.75) is 6.92 Å². The van der Waals surface area contributed by atoms with Gasteiger partial charge in [0, 0.05) is 32.2 Å². The standard InChI is InChI=1S/C13H16N2O2/c1-8-12(16)10-7-9(14(2)3)5-6-11(10)15(4)13(8)17/h5-7,17H,1-4H3. The molecule has 0 saturated heterocycles. The molecule has 0 radical (unpaired) electrons. The molecule has 0 bridgehead atoms. The van der Waals surface area contributed by atoms with Gasteiger partial charge in [-0.3, -0.25) is 4.79 Å². The zero-order valence-electron chi connectivity index (χ0n) is 10.5. The maximum absolute atomic E-state index is 12.1. The SMILES string of the molecule is Cc1c(O)n(C)c2ccc(N(C)C)cc2c1=O. The van der Waals surface area contributed by atoms with Gasteiger partial charge in [0.1, 0.15) is 0 Å². The second kappa shape index (κ2) is 3.80. The van der Waals surface area contributed by atoms with Crippen LogP contribution in [0.1, 0.15) is 5.56 Å². The lowest BCUT2D eigenvalue weighted by Gasteiger charge is -2.15. The molecule has 0 atom stereocenters. The molecule has 0 unspecified atom stereocenters. The zero-order valence-corrected chi connectivity index (χ0v) is 10.5. The number of pyridine rings is 1. The number of rotatable bonds is 1. The number of aromatic nitrogens is 1. The normalized spacial score (nSPS) is 10.8. The van der Waals surface area contributed by atoms with Crippen LogP contribution in [-0.2, 0) is 7.05 Å². The van der Waals surface area contributed by atoms with E-state index in [-0.39, 0.29) is 11.3 Å². The van der Waals surface area contributed by atoms with Crippen LogP contribution in [0.15, 0.2) is 23.0 Å². The van der Waals surface area contributed by atoms with E-state index in [0.29, 0.717) is 10.9 Å². The molecular formula is C13H16N2O2. The van der Waals surface area contributed by atoms with Crippen LogP contribution in [0, 0.1) is 6.92 Å². The van der Waals surface area contributed by atoms with Gasteiger partial charge in [-0.2, -0.15) is 0 Å². The number of nitrogens with zero attached hydrogens (tertiary/aromatic N) is 2. The number of fused-ring (bicyclic) bond motifs is 1. The lowest BCUT2D eigenvalue weighted by atomic mass is 10.1. The van der Waals surface area contributed by atoms with Crippen LogP contribution in [0.25, 0.3) is 10.9 Å². The molecule has 0 aliphatic carbocycles. The van der Waals surface area contributed by atoms with Gasteiger partial charge in [-0.05, 0) is 25.1 Å². The second-order valence-corrected chi connectivity index (χ2v) is 4.43. The minimum atomic E-state index is -0.112. The van der Waals surface area contributed by atoms with Crippen molar-refractivity contribution in [3.8, 4) is 5.88 Å². The van der Waals surface area contributed by atoms with Gasteiger partial charge in [0.05, 0.1) is 11.1 Å². The van der Waals surface area contributed by atoms with E-state index in [0.717, 1.165) is 11.2 Å². The Hall–Kier alpha value is -1.97. The average molecular weight is 232 g/mol. The Balaban J connectivity index is 2.92. The Kier molecular flexibility index (Phi) is 2.58. The fraction of sp³-hybridized carbons (Fsp3) is 0.308. The Labute approximate surface area is 99.7 Å². The third-order valence-electron chi connectivity index (χ3n) is 3.10. The molecule has 17 heavy (non-hydrogen) atoms. The van der Waals surface area contributed by atoms with E-state index in [1.807, 2.05) is 37.2 Å². The van der Waals surface area contributed by atoms with Crippen LogP contribution in [0.3, 0.4) is 0 Å². The van der Waals surface area contributed by atoms with Crippen molar-refractivity contribution >= 4 is 16.6 Å². The van der Waals surface area contributed by atoms with E-state index in [9.17, 15) is 9.90 Å². The summed E-state index contributed by atoms with van der Waals surface area (Å²) in [5.41, 5.74) is 1.98. The molecule has 0 amide bonds. The molecule has 90 valence electrons. The molecule has 0 aliphatic rings. The smallest absolute Gasteiger partial charge is 0.198 e. The van der Waals surface area contributed by atoms with Gasteiger partial charge < -0.3 is 14.6 Å².